The van der Waals surface area contributed by atoms with Gasteiger partial charge in [-0.15, -0.1) is 0 Å². The molecular formula is C14H7Br2IN2O2. The van der Waals surface area contributed by atoms with Crippen LogP contribution in [0.4, 0.5) is 0 Å². The van der Waals surface area contributed by atoms with E-state index in [1.807, 2.05) is 18.2 Å². The maximum atomic E-state index is 12.7. The molecule has 0 saturated carbocycles. The summed E-state index contributed by atoms with van der Waals surface area (Å²) in [6.07, 6.45) is 0. The van der Waals surface area contributed by atoms with Crippen LogP contribution >= 0.6 is 54.5 Å². The van der Waals surface area contributed by atoms with E-state index in [0.717, 1.165) is 8.04 Å². The lowest BCUT2D eigenvalue weighted by Crippen LogP contribution is -2.04. The van der Waals surface area contributed by atoms with E-state index in [-0.39, 0.29) is 11.5 Å². The summed E-state index contributed by atoms with van der Waals surface area (Å²) in [6, 6.07) is 8.99. The summed E-state index contributed by atoms with van der Waals surface area (Å²) in [7, 11) is 0. The molecule has 0 aliphatic carbocycles. The second-order valence-corrected chi connectivity index (χ2v) is 7.36. The molecule has 3 rings (SSSR count). The van der Waals surface area contributed by atoms with Crippen molar-refractivity contribution in [3.8, 4) is 0 Å². The quantitative estimate of drug-likeness (QED) is 0.392. The number of carbonyl (C=O) groups excluding carboxylic acids is 1. The van der Waals surface area contributed by atoms with Crippen molar-refractivity contribution in [2.45, 2.75) is 0 Å². The number of imidazole rings is 1. The van der Waals surface area contributed by atoms with Gasteiger partial charge >= 0.3 is 5.69 Å². The van der Waals surface area contributed by atoms with Crippen molar-refractivity contribution in [2.75, 3.05) is 0 Å². The first-order valence-electron chi connectivity index (χ1n) is 5.87. The molecule has 1 heterocycles. The lowest BCUT2D eigenvalue weighted by atomic mass is 10.0. The maximum Gasteiger partial charge on any atom is 0.323 e. The number of benzene rings is 2. The summed E-state index contributed by atoms with van der Waals surface area (Å²) < 4.78 is 2.36. The Morgan fingerprint density at radius 1 is 0.952 bits per heavy atom. The Balaban J connectivity index is 2.19. The van der Waals surface area contributed by atoms with Gasteiger partial charge in [-0.2, -0.15) is 0 Å². The molecule has 21 heavy (non-hydrogen) atoms. The molecule has 4 nitrogen and oxygen atoms in total. The molecule has 1 aromatic heterocycles. The van der Waals surface area contributed by atoms with E-state index in [9.17, 15) is 9.59 Å². The Kier molecular flexibility index (Phi) is 4.06. The summed E-state index contributed by atoms with van der Waals surface area (Å²) in [4.78, 5) is 29.4. The van der Waals surface area contributed by atoms with E-state index in [1.54, 1.807) is 12.1 Å². The van der Waals surface area contributed by atoms with Crippen LogP contribution in [0.25, 0.3) is 11.0 Å². The Hall–Kier alpha value is -0.930. The fourth-order valence-corrected chi connectivity index (χ4v) is 3.49. The predicted octanol–water partition coefficient (Wildman–Crippen LogP) is 4.22. The van der Waals surface area contributed by atoms with Gasteiger partial charge in [0.05, 0.1) is 11.0 Å². The number of rotatable bonds is 2. The number of ketones is 1. The van der Waals surface area contributed by atoms with E-state index in [4.69, 9.17) is 0 Å². The van der Waals surface area contributed by atoms with Crippen molar-refractivity contribution in [3.63, 3.8) is 0 Å². The molecule has 0 saturated heterocycles. The topological polar surface area (TPSA) is 65.7 Å². The van der Waals surface area contributed by atoms with Gasteiger partial charge in [0.2, 0.25) is 0 Å². The number of aromatic amines is 2. The van der Waals surface area contributed by atoms with Gasteiger partial charge in [-0.3, -0.25) is 4.79 Å². The number of hydrogen-bond acceptors (Lipinski definition) is 2. The minimum Gasteiger partial charge on any atom is -0.306 e. The van der Waals surface area contributed by atoms with Crippen LogP contribution in [-0.4, -0.2) is 15.8 Å². The van der Waals surface area contributed by atoms with E-state index in [1.165, 1.54) is 0 Å². The van der Waals surface area contributed by atoms with Crippen molar-refractivity contribution in [1.29, 1.82) is 0 Å². The predicted molar refractivity (Wildman–Crippen MR) is 96.9 cm³/mol. The minimum absolute atomic E-state index is 0.115. The average Bonchev–Trinajstić information content (AvgIpc) is 2.79. The van der Waals surface area contributed by atoms with Crippen LogP contribution < -0.4 is 5.69 Å². The molecule has 0 radical (unpaired) electrons. The van der Waals surface area contributed by atoms with Crippen molar-refractivity contribution in [3.05, 3.63) is 64.5 Å². The van der Waals surface area contributed by atoms with Gasteiger partial charge < -0.3 is 9.97 Å². The monoisotopic (exact) mass is 520 g/mol. The summed E-state index contributed by atoms with van der Waals surface area (Å²) in [5.74, 6) is -0.115. The minimum atomic E-state index is -0.295. The Labute approximate surface area is 149 Å². The molecule has 2 N–H and O–H groups in total. The van der Waals surface area contributed by atoms with Crippen molar-refractivity contribution < 1.29 is 4.79 Å². The first-order valence-corrected chi connectivity index (χ1v) is 8.53. The number of hydrogen-bond donors (Lipinski definition) is 2. The first-order chi connectivity index (χ1) is 9.95. The van der Waals surface area contributed by atoms with Crippen LogP contribution in [0.3, 0.4) is 0 Å². The summed E-state index contributed by atoms with van der Waals surface area (Å²) in [6.45, 7) is 0. The molecular weight excluding hydrogens is 515 g/mol. The van der Waals surface area contributed by atoms with E-state index < -0.39 is 0 Å². The van der Waals surface area contributed by atoms with Crippen molar-refractivity contribution in [1.82, 2.24) is 9.97 Å². The number of halogens is 3. The third-order valence-corrected chi connectivity index (χ3v) is 5.04. The zero-order chi connectivity index (χ0) is 15.1. The summed E-state index contributed by atoms with van der Waals surface area (Å²) in [5, 5.41) is 0. The molecule has 2 aromatic carbocycles. The number of fused-ring (bicyclic) bond motifs is 1. The molecule has 0 aliphatic heterocycles. The Morgan fingerprint density at radius 2 is 1.57 bits per heavy atom. The lowest BCUT2D eigenvalue weighted by molar-refractivity contribution is 0.103. The summed E-state index contributed by atoms with van der Waals surface area (Å²) >= 11 is 8.96. The van der Waals surface area contributed by atoms with Crippen LogP contribution in [0.5, 0.6) is 0 Å². The highest BCUT2D eigenvalue weighted by atomic mass is 127. The van der Waals surface area contributed by atoms with Gasteiger partial charge in [-0.1, -0.05) is 15.9 Å². The zero-order valence-corrected chi connectivity index (χ0v) is 15.7. The summed E-state index contributed by atoms with van der Waals surface area (Å²) in [5.41, 5.74) is 2.05. The molecule has 106 valence electrons. The highest BCUT2D eigenvalue weighted by Gasteiger charge is 2.17. The fourth-order valence-electron chi connectivity index (χ4n) is 2.05. The molecule has 0 bridgehead atoms. The van der Waals surface area contributed by atoms with Crippen LogP contribution in [0.2, 0.25) is 0 Å². The Morgan fingerprint density at radius 3 is 2.29 bits per heavy atom. The fraction of sp³-hybridized carbons (Fsp3) is 0. The smallest absolute Gasteiger partial charge is 0.306 e. The molecule has 0 atom stereocenters. The van der Waals surface area contributed by atoms with Crippen molar-refractivity contribution >= 4 is 71.3 Å². The number of carbonyl (C=O) groups is 1. The van der Waals surface area contributed by atoms with Crippen LogP contribution in [0, 0.1) is 3.57 Å². The van der Waals surface area contributed by atoms with E-state index in [0.29, 0.717) is 26.6 Å². The number of H-pyrrole nitrogens is 2. The van der Waals surface area contributed by atoms with Gasteiger partial charge in [0.25, 0.3) is 0 Å². The standard InChI is InChI=1S/C14H7Br2IN2O2/c15-9-2-1-6(17)3-7(9)13(20)8-4-11-12(5-10(8)16)19-14(21)18-11/h1-5H,(H2,18,19,21). The molecule has 0 amide bonds. The average molecular weight is 522 g/mol. The van der Waals surface area contributed by atoms with Crippen LogP contribution in [-0.2, 0) is 0 Å². The van der Waals surface area contributed by atoms with E-state index in [2.05, 4.69) is 64.4 Å². The van der Waals surface area contributed by atoms with E-state index >= 15 is 0 Å². The van der Waals surface area contributed by atoms with Crippen LogP contribution in [0.1, 0.15) is 15.9 Å². The third kappa shape index (κ3) is 2.86. The van der Waals surface area contributed by atoms with Gasteiger partial charge in [0.15, 0.2) is 5.78 Å². The number of nitrogens with one attached hydrogen (secondary N) is 2. The molecule has 0 fully saturated rings. The first kappa shape index (κ1) is 15.0. The number of aromatic nitrogens is 2. The maximum absolute atomic E-state index is 12.7. The Bertz CT molecular complexity index is 930. The van der Waals surface area contributed by atoms with Crippen molar-refractivity contribution in [2.24, 2.45) is 0 Å². The highest BCUT2D eigenvalue weighted by Crippen LogP contribution is 2.28. The molecule has 0 spiro atoms. The second kappa shape index (κ2) is 5.69. The SMILES string of the molecule is O=C(c1cc(I)ccc1Br)c1cc2[nH]c(=O)[nH]c2cc1Br. The van der Waals surface area contributed by atoms with Gasteiger partial charge in [-0.05, 0) is 68.9 Å². The molecule has 0 aliphatic rings. The van der Waals surface area contributed by atoms with Gasteiger partial charge in [0, 0.05) is 23.6 Å². The highest BCUT2D eigenvalue weighted by molar-refractivity contribution is 14.1. The molecule has 0 unspecified atom stereocenters. The van der Waals surface area contributed by atoms with Gasteiger partial charge in [-0.25, -0.2) is 4.79 Å². The zero-order valence-electron chi connectivity index (χ0n) is 10.3. The lowest BCUT2D eigenvalue weighted by Gasteiger charge is -2.07. The normalized spacial score (nSPS) is 11.0. The largest absolute Gasteiger partial charge is 0.323 e. The third-order valence-electron chi connectivity index (χ3n) is 3.02. The molecule has 7 heteroatoms. The second-order valence-electron chi connectivity index (χ2n) is 4.41. The van der Waals surface area contributed by atoms with Gasteiger partial charge in [0.1, 0.15) is 0 Å². The van der Waals surface area contributed by atoms with Crippen LogP contribution in [0.15, 0.2) is 44.1 Å². The molecule has 3 aromatic rings.